The minimum absolute atomic E-state index is 0.0493. The summed E-state index contributed by atoms with van der Waals surface area (Å²) in [5.41, 5.74) is -0.745. The Morgan fingerprint density at radius 3 is 1.88 bits per heavy atom. The van der Waals surface area contributed by atoms with E-state index in [1.54, 1.807) is 24.3 Å². The van der Waals surface area contributed by atoms with Gasteiger partial charge in [0, 0.05) is 17.4 Å². The van der Waals surface area contributed by atoms with Crippen LogP contribution in [0.25, 0.3) is 0 Å². The van der Waals surface area contributed by atoms with Gasteiger partial charge in [-0.3, -0.25) is 9.59 Å². The lowest BCUT2D eigenvalue weighted by Crippen LogP contribution is -2.23. The molecule has 0 aliphatic heterocycles. The Kier molecular flexibility index (Phi) is 4.14. The Morgan fingerprint density at radius 1 is 0.875 bits per heavy atom. The van der Waals surface area contributed by atoms with Crippen molar-refractivity contribution in [1.82, 2.24) is 9.97 Å². The van der Waals surface area contributed by atoms with E-state index in [1.807, 2.05) is 0 Å². The first-order chi connectivity index (χ1) is 11.5. The van der Waals surface area contributed by atoms with Gasteiger partial charge in [0.05, 0.1) is 17.0 Å². The second kappa shape index (κ2) is 6.25. The maximum Gasteiger partial charge on any atom is 0.255 e. The predicted octanol–water partition coefficient (Wildman–Crippen LogP) is 2.31. The SMILES string of the molecule is O=c1[nH]ccc(O)c1C(c1cccc(Cl)c1)c1c(O)cc[nH]c1=O. The van der Waals surface area contributed by atoms with Crippen LogP contribution in [0.4, 0.5) is 0 Å². The van der Waals surface area contributed by atoms with Gasteiger partial charge in [-0.1, -0.05) is 23.7 Å². The van der Waals surface area contributed by atoms with E-state index in [2.05, 4.69) is 9.97 Å². The zero-order chi connectivity index (χ0) is 17.3. The standard InChI is InChI=1S/C17H13ClN2O4/c18-10-3-1-2-9(8-10)13(14-11(21)4-6-19-16(14)23)15-12(22)5-7-20-17(15)24/h1-8,13H,(H2,19,21,23)(H2,20,22,24). The van der Waals surface area contributed by atoms with Crippen LogP contribution in [0.1, 0.15) is 22.6 Å². The van der Waals surface area contributed by atoms with Crippen LogP contribution < -0.4 is 11.1 Å². The second-order valence-corrected chi connectivity index (χ2v) is 5.64. The molecule has 0 fully saturated rings. The summed E-state index contributed by atoms with van der Waals surface area (Å²) in [5.74, 6) is -1.56. The zero-order valence-corrected chi connectivity index (χ0v) is 13.0. The molecule has 4 N–H and O–H groups in total. The van der Waals surface area contributed by atoms with Crippen LogP contribution in [-0.4, -0.2) is 20.2 Å². The van der Waals surface area contributed by atoms with Gasteiger partial charge in [0.25, 0.3) is 11.1 Å². The number of hydrogen-bond acceptors (Lipinski definition) is 4. The van der Waals surface area contributed by atoms with Crippen LogP contribution >= 0.6 is 11.6 Å². The normalized spacial score (nSPS) is 10.9. The molecule has 0 atom stereocenters. The number of aromatic amines is 2. The minimum Gasteiger partial charge on any atom is -0.507 e. The smallest absolute Gasteiger partial charge is 0.255 e. The monoisotopic (exact) mass is 344 g/mol. The van der Waals surface area contributed by atoms with Crippen LogP contribution in [0.2, 0.25) is 5.02 Å². The largest absolute Gasteiger partial charge is 0.507 e. The molecule has 7 heteroatoms. The van der Waals surface area contributed by atoms with Gasteiger partial charge in [-0.25, -0.2) is 0 Å². The minimum atomic E-state index is -0.987. The first kappa shape index (κ1) is 15.9. The van der Waals surface area contributed by atoms with Crippen LogP contribution in [-0.2, 0) is 0 Å². The number of nitrogens with one attached hydrogen (secondary N) is 2. The van der Waals surface area contributed by atoms with E-state index in [4.69, 9.17) is 11.6 Å². The van der Waals surface area contributed by atoms with Crippen molar-refractivity contribution in [2.45, 2.75) is 5.92 Å². The zero-order valence-electron chi connectivity index (χ0n) is 12.3. The van der Waals surface area contributed by atoms with E-state index >= 15 is 0 Å². The molecule has 0 saturated heterocycles. The van der Waals surface area contributed by atoms with Crippen molar-refractivity contribution in [3.63, 3.8) is 0 Å². The molecule has 3 rings (SSSR count). The summed E-state index contributed by atoms with van der Waals surface area (Å²) < 4.78 is 0. The van der Waals surface area contributed by atoms with E-state index < -0.39 is 17.0 Å². The molecular weight excluding hydrogens is 332 g/mol. The van der Waals surface area contributed by atoms with Crippen molar-refractivity contribution in [3.8, 4) is 11.5 Å². The maximum absolute atomic E-state index is 12.3. The molecule has 2 heterocycles. The van der Waals surface area contributed by atoms with Crippen molar-refractivity contribution in [2.75, 3.05) is 0 Å². The molecule has 2 aromatic heterocycles. The molecule has 122 valence electrons. The molecule has 6 nitrogen and oxygen atoms in total. The molecule has 0 unspecified atom stereocenters. The highest BCUT2D eigenvalue weighted by Gasteiger charge is 2.28. The van der Waals surface area contributed by atoms with Gasteiger partial charge in [-0.15, -0.1) is 0 Å². The van der Waals surface area contributed by atoms with E-state index in [-0.39, 0.29) is 22.6 Å². The Balaban J connectivity index is 2.39. The fraction of sp³-hybridized carbons (Fsp3) is 0.0588. The molecular formula is C17H13ClN2O4. The maximum atomic E-state index is 12.3. The van der Waals surface area contributed by atoms with Crippen LogP contribution in [0.15, 0.2) is 58.4 Å². The van der Waals surface area contributed by atoms with Gasteiger partial charge < -0.3 is 20.2 Å². The summed E-state index contributed by atoms with van der Waals surface area (Å²) in [4.78, 5) is 29.5. The van der Waals surface area contributed by atoms with Crippen molar-refractivity contribution < 1.29 is 10.2 Å². The Hall–Kier alpha value is -2.99. The number of halogens is 1. The lowest BCUT2D eigenvalue weighted by atomic mass is 9.85. The molecule has 0 aliphatic rings. The lowest BCUT2D eigenvalue weighted by Gasteiger charge is -2.19. The van der Waals surface area contributed by atoms with Gasteiger partial charge in [-0.2, -0.15) is 0 Å². The van der Waals surface area contributed by atoms with Gasteiger partial charge >= 0.3 is 0 Å². The number of H-pyrrole nitrogens is 2. The highest BCUT2D eigenvalue weighted by Crippen LogP contribution is 2.36. The third kappa shape index (κ3) is 2.79. The van der Waals surface area contributed by atoms with Crippen molar-refractivity contribution >= 4 is 11.6 Å². The summed E-state index contributed by atoms with van der Waals surface area (Å²) in [5, 5.41) is 20.8. The van der Waals surface area contributed by atoms with Crippen LogP contribution in [0.3, 0.4) is 0 Å². The van der Waals surface area contributed by atoms with Gasteiger partial charge in [0.2, 0.25) is 0 Å². The summed E-state index contributed by atoms with van der Waals surface area (Å²) in [6.45, 7) is 0. The van der Waals surface area contributed by atoms with Crippen molar-refractivity contribution in [2.24, 2.45) is 0 Å². The summed E-state index contributed by atoms with van der Waals surface area (Å²) in [6, 6.07) is 9.16. The Morgan fingerprint density at radius 2 is 1.42 bits per heavy atom. The van der Waals surface area contributed by atoms with E-state index in [0.717, 1.165) is 0 Å². The molecule has 0 spiro atoms. The highest BCUT2D eigenvalue weighted by atomic mass is 35.5. The molecule has 1 aromatic carbocycles. The molecule has 0 bridgehead atoms. The molecule has 0 amide bonds. The van der Waals surface area contributed by atoms with Crippen molar-refractivity contribution in [1.29, 1.82) is 0 Å². The van der Waals surface area contributed by atoms with E-state index in [1.165, 1.54) is 24.5 Å². The quantitative estimate of drug-likeness (QED) is 0.585. The first-order valence-electron chi connectivity index (χ1n) is 7.05. The molecule has 3 aromatic rings. The number of hydrogen-bond donors (Lipinski definition) is 4. The van der Waals surface area contributed by atoms with E-state index in [9.17, 15) is 19.8 Å². The Labute approximate surface area is 141 Å². The van der Waals surface area contributed by atoms with Crippen molar-refractivity contribution in [3.05, 3.63) is 91.2 Å². The number of benzene rings is 1. The molecule has 0 saturated carbocycles. The number of pyridine rings is 2. The van der Waals surface area contributed by atoms with Crippen LogP contribution in [0.5, 0.6) is 11.5 Å². The molecule has 0 aliphatic carbocycles. The molecule has 0 radical (unpaired) electrons. The molecule has 24 heavy (non-hydrogen) atoms. The fourth-order valence-electron chi connectivity index (χ4n) is 2.68. The predicted molar refractivity (Wildman–Crippen MR) is 89.9 cm³/mol. The lowest BCUT2D eigenvalue weighted by molar-refractivity contribution is 0.455. The first-order valence-corrected chi connectivity index (χ1v) is 7.43. The highest BCUT2D eigenvalue weighted by molar-refractivity contribution is 6.30. The third-order valence-corrected chi connectivity index (χ3v) is 3.95. The Bertz CT molecular complexity index is 950. The third-order valence-electron chi connectivity index (χ3n) is 3.71. The second-order valence-electron chi connectivity index (χ2n) is 5.20. The van der Waals surface area contributed by atoms with Gasteiger partial charge in [0.15, 0.2) is 0 Å². The van der Waals surface area contributed by atoms with Gasteiger partial charge in [-0.05, 0) is 29.8 Å². The fourth-order valence-corrected chi connectivity index (χ4v) is 2.88. The summed E-state index contributed by atoms with van der Waals surface area (Å²) in [7, 11) is 0. The average molecular weight is 345 g/mol. The average Bonchev–Trinajstić information content (AvgIpc) is 2.53. The van der Waals surface area contributed by atoms with Gasteiger partial charge in [0.1, 0.15) is 11.5 Å². The summed E-state index contributed by atoms with van der Waals surface area (Å²) in [6.07, 6.45) is 2.59. The summed E-state index contributed by atoms with van der Waals surface area (Å²) >= 11 is 6.03. The van der Waals surface area contributed by atoms with Crippen LogP contribution in [0, 0.1) is 0 Å². The number of aromatic hydroxyl groups is 2. The topological polar surface area (TPSA) is 106 Å². The van der Waals surface area contributed by atoms with E-state index in [0.29, 0.717) is 10.6 Å². The number of rotatable bonds is 3. The number of aromatic nitrogens is 2.